The minimum Gasteiger partial charge on any atom is -0.381 e. The summed E-state index contributed by atoms with van der Waals surface area (Å²) >= 11 is 0. The molecule has 28 heavy (non-hydrogen) atoms. The van der Waals surface area contributed by atoms with E-state index < -0.39 is 0 Å². The Kier molecular flexibility index (Phi) is 24.7. The van der Waals surface area contributed by atoms with E-state index in [1.807, 2.05) is 0 Å². The first kappa shape index (κ1) is 30.0. The second kappa shape index (κ2) is 23.0. The van der Waals surface area contributed by atoms with Gasteiger partial charge in [-0.05, 0) is 80.3 Å². The van der Waals surface area contributed by atoms with Gasteiger partial charge in [0.1, 0.15) is 0 Å². The topological polar surface area (TPSA) is 31.4 Å². The lowest BCUT2D eigenvalue weighted by Gasteiger charge is -2.20. The van der Waals surface area contributed by atoms with Crippen LogP contribution in [0.3, 0.4) is 0 Å². The monoisotopic (exact) mass is 404 g/mol. The van der Waals surface area contributed by atoms with Gasteiger partial charge in [0.25, 0.3) is 0 Å². The average molecular weight is 405 g/mol. The lowest BCUT2D eigenvalue weighted by Crippen LogP contribution is -2.30. The van der Waals surface area contributed by atoms with Crippen LogP contribution in [0.15, 0.2) is 0 Å². The Morgan fingerprint density at radius 3 is 1.07 bits per heavy atom. The number of rotatable bonds is 18. The molecule has 172 valence electrons. The van der Waals surface area contributed by atoms with Crippen molar-refractivity contribution in [3.8, 4) is 0 Å². The Labute approximate surface area is 177 Å². The number of nitrogens with zero attached hydrogens (tertiary/aromatic N) is 4. The van der Waals surface area contributed by atoms with Gasteiger partial charge in [0.15, 0.2) is 0 Å². The van der Waals surface area contributed by atoms with Gasteiger partial charge >= 0.3 is 0 Å². The molecule has 6 nitrogen and oxygen atoms in total. The van der Waals surface area contributed by atoms with Crippen LogP contribution in [-0.4, -0.2) is 127 Å². The van der Waals surface area contributed by atoms with Crippen molar-refractivity contribution in [3.05, 3.63) is 0 Å². The average Bonchev–Trinajstić information content (AvgIpc) is 2.67. The number of likely N-dealkylation sites (N-methyl/N-ethyl adjacent to an activating group) is 2. The predicted molar refractivity (Wildman–Crippen MR) is 124 cm³/mol. The molecule has 0 N–H and O–H groups in total. The Bertz CT molecular complexity index is 258. The standard InChI is InChI=1S/C12H28N2O.C10H24N2O/c1-5-13(6-2)9-11-15-12-10-14(7-3)8-4;1-11(2)7-5-9-13-10-6-8-12(3)4/h5-12H2,1-4H3;5-10H2,1-4H3. The predicted octanol–water partition coefficient (Wildman–Crippen LogP) is 2.59. The van der Waals surface area contributed by atoms with Gasteiger partial charge < -0.3 is 29.1 Å². The minimum absolute atomic E-state index is 0.864. The van der Waals surface area contributed by atoms with E-state index in [-0.39, 0.29) is 0 Å². The fraction of sp³-hybridized carbons (Fsp3) is 1.00. The molecule has 0 aromatic heterocycles. The van der Waals surface area contributed by atoms with E-state index in [2.05, 4.69) is 75.5 Å². The first-order valence-corrected chi connectivity index (χ1v) is 11.3. The van der Waals surface area contributed by atoms with E-state index in [0.717, 1.165) is 91.6 Å². The van der Waals surface area contributed by atoms with Gasteiger partial charge in [0.05, 0.1) is 13.2 Å². The molecule has 0 unspecified atom stereocenters. The Hall–Kier alpha value is -0.240. The van der Waals surface area contributed by atoms with Crippen molar-refractivity contribution in [1.82, 2.24) is 19.6 Å². The third-order valence-corrected chi connectivity index (χ3v) is 4.68. The Morgan fingerprint density at radius 1 is 0.464 bits per heavy atom. The number of hydrogen-bond donors (Lipinski definition) is 0. The van der Waals surface area contributed by atoms with Crippen LogP contribution < -0.4 is 0 Å². The molecular formula is C22H52N4O2. The third-order valence-electron chi connectivity index (χ3n) is 4.68. The first-order chi connectivity index (χ1) is 13.4. The summed E-state index contributed by atoms with van der Waals surface area (Å²) in [6, 6.07) is 0. The summed E-state index contributed by atoms with van der Waals surface area (Å²) in [6.07, 6.45) is 2.27. The van der Waals surface area contributed by atoms with E-state index in [4.69, 9.17) is 9.47 Å². The summed E-state index contributed by atoms with van der Waals surface area (Å²) in [4.78, 5) is 9.14. The van der Waals surface area contributed by atoms with Gasteiger partial charge in [-0.25, -0.2) is 0 Å². The fourth-order valence-electron chi connectivity index (χ4n) is 2.64. The van der Waals surface area contributed by atoms with Crippen LogP contribution in [0.5, 0.6) is 0 Å². The maximum atomic E-state index is 5.62. The van der Waals surface area contributed by atoms with Crippen LogP contribution in [-0.2, 0) is 9.47 Å². The van der Waals surface area contributed by atoms with Crippen molar-refractivity contribution < 1.29 is 9.47 Å². The molecule has 0 aromatic carbocycles. The zero-order valence-corrected chi connectivity index (χ0v) is 20.5. The first-order valence-electron chi connectivity index (χ1n) is 11.3. The van der Waals surface area contributed by atoms with Gasteiger partial charge in [-0.2, -0.15) is 0 Å². The summed E-state index contributed by atoms with van der Waals surface area (Å²) in [5.74, 6) is 0. The maximum absolute atomic E-state index is 5.62. The van der Waals surface area contributed by atoms with Crippen LogP contribution in [0.2, 0.25) is 0 Å². The maximum Gasteiger partial charge on any atom is 0.0594 e. The SMILES string of the molecule is CCN(CC)CCOCCN(CC)CC.CN(C)CCCOCCCN(C)C. The lowest BCUT2D eigenvalue weighted by molar-refractivity contribution is 0.0876. The normalized spacial score (nSPS) is 11.6. The number of hydrogen-bond acceptors (Lipinski definition) is 6. The molecule has 0 aliphatic rings. The van der Waals surface area contributed by atoms with Gasteiger partial charge in [0, 0.05) is 26.3 Å². The number of ether oxygens (including phenoxy) is 2. The highest BCUT2D eigenvalue weighted by molar-refractivity contribution is 4.53. The van der Waals surface area contributed by atoms with E-state index >= 15 is 0 Å². The lowest BCUT2D eigenvalue weighted by atomic mass is 10.4. The Balaban J connectivity index is 0. The summed E-state index contributed by atoms with van der Waals surface area (Å²) in [7, 11) is 8.36. The molecular weight excluding hydrogens is 352 g/mol. The molecule has 0 aliphatic carbocycles. The molecule has 0 aromatic rings. The summed E-state index contributed by atoms with van der Waals surface area (Å²) in [6.45, 7) is 21.1. The zero-order chi connectivity index (χ0) is 21.6. The van der Waals surface area contributed by atoms with Gasteiger partial charge in [-0.3, -0.25) is 0 Å². The highest BCUT2D eigenvalue weighted by Crippen LogP contribution is 1.90. The van der Waals surface area contributed by atoms with Crippen molar-refractivity contribution in [2.45, 2.75) is 40.5 Å². The molecule has 0 saturated heterocycles. The molecule has 0 atom stereocenters. The minimum atomic E-state index is 0.864. The van der Waals surface area contributed by atoms with Crippen LogP contribution in [0.4, 0.5) is 0 Å². The third kappa shape index (κ3) is 23.8. The highest BCUT2D eigenvalue weighted by atomic mass is 16.5. The molecule has 0 spiro atoms. The van der Waals surface area contributed by atoms with Crippen molar-refractivity contribution >= 4 is 0 Å². The molecule has 0 amide bonds. The molecule has 0 bridgehead atoms. The Morgan fingerprint density at radius 2 is 0.786 bits per heavy atom. The van der Waals surface area contributed by atoms with E-state index in [1.165, 1.54) is 0 Å². The fourth-order valence-corrected chi connectivity index (χ4v) is 2.64. The van der Waals surface area contributed by atoms with Crippen LogP contribution >= 0.6 is 0 Å². The van der Waals surface area contributed by atoms with E-state index in [9.17, 15) is 0 Å². The molecule has 0 heterocycles. The van der Waals surface area contributed by atoms with Crippen LogP contribution in [0.1, 0.15) is 40.5 Å². The van der Waals surface area contributed by atoms with Crippen molar-refractivity contribution in [2.75, 3.05) is 107 Å². The van der Waals surface area contributed by atoms with Crippen molar-refractivity contribution in [2.24, 2.45) is 0 Å². The largest absolute Gasteiger partial charge is 0.381 e. The quantitative estimate of drug-likeness (QED) is 0.327. The second-order valence-corrected chi connectivity index (χ2v) is 7.59. The van der Waals surface area contributed by atoms with Gasteiger partial charge in [-0.15, -0.1) is 0 Å². The second-order valence-electron chi connectivity index (χ2n) is 7.59. The molecule has 0 fully saturated rings. The summed E-state index contributed by atoms with van der Waals surface area (Å²) in [5, 5.41) is 0. The van der Waals surface area contributed by atoms with Crippen molar-refractivity contribution in [1.29, 1.82) is 0 Å². The van der Waals surface area contributed by atoms with Gasteiger partial charge in [-0.1, -0.05) is 27.7 Å². The molecule has 0 aliphatic heterocycles. The molecule has 0 radical (unpaired) electrons. The molecule has 0 saturated carbocycles. The van der Waals surface area contributed by atoms with Crippen LogP contribution in [0, 0.1) is 0 Å². The van der Waals surface area contributed by atoms with Crippen molar-refractivity contribution in [3.63, 3.8) is 0 Å². The smallest absolute Gasteiger partial charge is 0.0594 e. The van der Waals surface area contributed by atoms with E-state index in [1.54, 1.807) is 0 Å². The molecule has 0 rings (SSSR count). The van der Waals surface area contributed by atoms with E-state index in [0.29, 0.717) is 0 Å². The highest BCUT2D eigenvalue weighted by Gasteiger charge is 2.00. The zero-order valence-electron chi connectivity index (χ0n) is 20.5. The van der Waals surface area contributed by atoms with Crippen LogP contribution in [0.25, 0.3) is 0 Å². The van der Waals surface area contributed by atoms with Gasteiger partial charge in [0.2, 0.25) is 0 Å². The summed E-state index contributed by atoms with van der Waals surface area (Å²) in [5.41, 5.74) is 0. The molecule has 6 heteroatoms. The summed E-state index contributed by atoms with van der Waals surface area (Å²) < 4.78 is 11.1.